The zero-order valence-electron chi connectivity index (χ0n) is 10.7. The number of rotatable bonds is 3. The van der Waals surface area contributed by atoms with Gasteiger partial charge in [0.15, 0.2) is 0 Å². The van der Waals surface area contributed by atoms with E-state index < -0.39 is 11.0 Å². The number of anilines is 1. The Kier molecular flexibility index (Phi) is 3.95. The number of carbonyl (C=O) groups excluding carboxylic acids is 1. The Balaban J connectivity index is 2.15. The highest BCUT2D eigenvalue weighted by Crippen LogP contribution is 2.25. The molecule has 2 aromatic rings. The van der Waals surface area contributed by atoms with E-state index in [1.807, 2.05) is 0 Å². The SMILES string of the molecule is Cc1ccc([N+](=O)[O-])c(NC(=O)Oc2ccccc2)c1. The Labute approximate surface area is 115 Å². The second kappa shape index (κ2) is 5.83. The van der Waals surface area contributed by atoms with Crippen LogP contribution in [0.2, 0.25) is 0 Å². The number of benzene rings is 2. The van der Waals surface area contributed by atoms with E-state index in [1.165, 1.54) is 12.1 Å². The van der Waals surface area contributed by atoms with Crippen LogP contribution in [0, 0.1) is 17.0 Å². The van der Waals surface area contributed by atoms with E-state index in [0.717, 1.165) is 5.56 Å². The minimum atomic E-state index is -0.773. The number of aryl methyl sites for hydroxylation is 1. The van der Waals surface area contributed by atoms with Gasteiger partial charge in [-0.15, -0.1) is 0 Å². The third-order valence-corrected chi connectivity index (χ3v) is 2.54. The largest absolute Gasteiger partial charge is 0.417 e. The third-order valence-electron chi connectivity index (χ3n) is 2.54. The monoisotopic (exact) mass is 272 g/mol. The first-order valence-corrected chi connectivity index (χ1v) is 5.85. The molecule has 0 aliphatic rings. The van der Waals surface area contributed by atoms with E-state index in [-0.39, 0.29) is 11.4 Å². The van der Waals surface area contributed by atoms with Crippen LogP contribution in [-0.4, -0.2) is 11.0 Å². The van der Waals surface area contributed by atoms with Crippen molar-refractivity contribution in [1.29, 1.82) is 0 Å². The second-order valence-electron chi connectivity index (χ2n) is 4.11. The topological polar surface area (TPSA) is 81.5 Å². The lowest BCUT2D eigenvalue weighted by molar-refractivity contribution is -0.383. The van der Waals surface area contributed by atoms with Crippen LogP contribution in [0.3, 0.4) is 0 Å². The molecule has 0 radical (unpaired) electrons. The standard InChI is InChI=1S/C14H12N2O4/c1-10-7-8-13(16(18)19)12(9-10)15-14(17)20-11-5-3-2-4-6-11/h2-9H,1H3,(H,15,17). The van der Waals surface area contributed by atoms with Gasteiger partial charge in [-0.25, -0.2) is 4.79 Å². The summed E-state index contributed by atoms with van der Waals surface area (Å²) in [5.74, 6) is 0.361. The van der Waals surface area contributed by atoms with Crippen LogP contribution < -0.4 is 10.1 Å². The Morgan fingerprint density at radius 1 is 1.20 bits per heavy atom. The van der Waals surface area contributed by atoms with Crippen molar-refractivity contribution in [3.05, 3.63) is 64.2 Å². The van der Waals surface area contributed by atoms with Crippen molar-refractivity contribution in [2.75, 3.05) is 5.32 Å². The number of nitrogens with one attached hydrogen (secondary N) is 1. The van der Waals surface area contributed by atoms with Gasteiger partial charge in [0.2, 0.25) is 0 Å². The first-order chi connectivity index (χ1) is 9.56. The summed E-state index contributed by atoms with van der Waals surface area (Å²) in [5, 5.41) is 13.3. The number of nitro groups is 1. The summed E-state index contributed by atoms with van der Waals surface area (Å²) >= 11 is 0. The fraction of sp³-hybridized carbons (Fsp3) is 0.0714. The molecule has 0 spiro atoms. The van der Waals surface area contributed by atoms with Crippen LogP contribution in [0.1, 0.15) is 5.56 Å². The van der Waals surface area contributed by atoms with E-state index in [4.69, 9.17) is 4.74 Å². The van der Waals surface area contributed by atoms with Crippen molar-refractivity contribution in [2.45, 2.75) is 6.92 Å². The first-order valence-electron chi connectivity index (χ1n) is 5.85. The molecular formula is C14H12N2O4. The highest BCUT2D eigenvalue weighted by molar-refractivity contribution is 5.89. The van der Waals surface area contributed by atoms with Gasteiger partial charge in [0.05, 0.1) is 4.92 Å². The number of hydrogen-bond acceptors (Lipinski definition) is 4. The molecule has 0 aliphatic carbocycles. The van der Waals surface area contributed by atoms with Gasteiger partial charge in [0, 0.05) is 6.07 Å². The Morgan fingerprint density at radius 2 is 1.90 bits per heavy atom. The maximum absolute atomic E-state index is 11.7. The normalized spacial score (nSPS) is 9.85. The van der Waals surface area contributed by atoms with Gasteiger partial charge in [0.25, 0.3) is 5.69 Å². The quantitative estimate of drug-likeness (QED) is 0.684. The van der Waals surface area contributed by atoms with Crippen LogP contribution in [0.25, 0.3) is 0 Å². The molecule has 0 aromatic heterocycles. The Hall–Kier alpha value is -2.89. The molecule has 0 unspecified atom stereocenters. The van der Waals surface area contributed by atoms with Crippen LogP contribution in [0.5, 0.6) is 5.75 Å². The minimum Gasteiger partial charge on any atom is -0.410 e. The van der Waals surface area contributed by atoms with Crippen molar-refractivity contribution in [3.63, 3.8) is 0 Å². The van der Waals surface area contributed by atoms with Crippen molar-refractivity contribution < 1.29 is 14.5 Å². The van der Waals surface area contributed by atoms with E-state index in [0.29, 0.717) is 5.75 Å². The molecule has 20 heavy (non-hydrogen) atoms. The lowest BCUT2D eigenvalue weighted by Gasteiger charge is -2.07. The van der Waals surface area contributed by atoms with Gasteiger partial charge in [-0.3, -0.25) is 15.4 Å². The number of nitro benzene ring substituents is 1. The fourth-order valence-corrected chi connectivity index (χ4v) is 1.64. The van der Waals surface area contributed by atoms with Gasteiger partial charge >= 0.3 is 6.09 Å². The summed E-state index contributed by atoms with van der Waals surface area (Å²) in [7, 11) is 0. The average molecular weight is 272 g/mol. The number of ether oxygens (including phenoxy) is 1. The number of para-hydroxylation sites is 1. The lowest BCUT2D eigenvalue weighted by atomic mass is 10.2. The number of hydrogen-bond donors (Lipinski definition) is 1. The number of carbonyl (C=O) groups is 1. The second-order valence-corrected chi connectivity index (χ2v) is 4.11. The van der Waals surface area contributed by atoms with E-state index >= 15 is 0 Å². The molecule has 6 nitrogen and oxygen atoms in total. The van der Waals surface area contributed by atoms with Crippen molar-refractivity contribution in [3.8, 4) is 5.75 Å². The van der Waals surface area contributed by atoms with Crippen LogP contribution >= 0.6 is 0 Å². The molecule has 0 bridgehead atoms. The lowest BCUT2D eigenvalue weighted by Crippen LogP contribution is -2.17. The van der Waals surface area contributed by atoms with E-state index in [9.17, 15) is 14.9 Å². The summed E-state index contributed by atoms with van der Waals surface area (Å²) in [5.41, 5.74) is 0.724. The third kappa shape index (κ3) is 3.32. The van der Waals surface area contributed by atoms with Gasteiger partial charge in [-0.05, 0) is 30.7 Å². The number of nitrogens with zero attached hydrogens (tertiary/aromatic N) is 1. The summed E-state index contributed by atoms with van der Waals surface area (Å²) < 4.78 is 5.02. The van der Waals surface area contributed by atoms with Gasteiger partial charge in [0.1, 0.15) is 11.4 Å². The average Bonchev–Trinajstić information content (AvgIpc) is 2.39. The molecule has 0 fully saturated rings. The molecule has 2 aromatic carbocycles. The molecule has 0 aliphatic heterocycles. The molecule has 2 rings (SSSR count). The van der Waals surface area contributed by atoms with Crippen LogP contribution in [-0.2, 0) is 0 Å². The van der Waals surface area contributed by atoms with Gasteiger partial charge < -0.3 is 4.74 Å². The number of amides is 1. The van der Waals surface area contributed by atoms with Crippen molar-refractivity contribution in [2.24, 2.45) is 0 Å². The summed E-state index contributed by atoms with van der Waals surface area (Å²) in [6.45, 7) is 1.78. The minimum absolute atomic E-state index is 0.107. The predicted octanol–water partition coefficient (Wildman–Crippen LogP) is 3.51. The van der Waals surface area contributed by atoms with Gasteiger partial charge in [-0.1, -0.05) is 24.3 Å². The first kappa shape index (κ1) is 13.5. The van der Waals surface area contributed by atoms with Crippen molar-refractivity contribution >= 4 is 17.5 Å². The summed E-state index contributed by atoms with van der Waals surface area (Å²) in [4.78, 5) is 22.0. The maximum atomic E-state index is 11.7. The van der Waals surface area contributed by atoms with Crippen LogP contribution in [0.15, 0.2) is 48.5 Å². The molecule has 0 heterocycles. The molecule has 0 saturated carbocycles. The predicted molar refractivity (Wildman–Crippen MR) is 73.9 cm³/mol. The zero-order valence-corrected chi connectivity index (χ0v) is 10.7. The molecule has 6 heteroatoms. The molecular weight excluding hydrogens is 260 g/mol. The summed E-state index contributed by atoms with van der Waals surface area (Å²) in [6, 6.07) is 12.9. The summed E-state index contributed by atoms with van der Waals surface area (Å²) in [6.07, 6.45) is -0.773. The van der Waals surface area contributed by atoms with Gasteiger partial charge in [-0.2, -0.15) is 0 Å². The molecule has 0 saturated heterocycles. The molecule has 1 amide bonds. The Bertz CT molecular complexity index is 641. The highest BCUT2D eigenvalue weighted by atomic mass is 16.6. The highest BCUT2D eigenvalue weighted by Gasteiger charge is 2.16. The smallest absolute Gasteiger partial charge is 0.410 e. The maximum Gasteiger partial charge on any atom is 0.417 e. The van der Waals surface area contributed by atoms with Crippen LogP contribution in [0.4, 0.5) is 16.2 Å². The van der Waals surface area contributed by atoms with Crippen molar-refractivity contribution in [1.82, 2.24) is 0 Å². The molecule has 0 atom stereocenters. The molecule has 1 N–H and O–H groups in total. The zero-order chi connectivity index (χ0) is 14.5. The van der Waals surface area contributed by atoms with E-state index in [2.05, 4.69) is 5.32 Å². The fourth-order valence-electron chi connectivity index (χ4n) is 1.64. The van der Waals surface area contributed by atoms with E-state index in [1.54, 1.807) is 43.3 Å². The molecule has 102 valence electrons. The Morgan fingerprint density at radius 3 is 2.55 bits per heavy atom.